The summed E-state index contributed by atoms with van der Waals surface area (Å²) in [4.78, 5) is 14.2. The smallest absolute Gasteiger partial charge is 0.283 e. The van der Waals surface area contributed by atoms with E-state index >= 15 is 0 Å². The predicted molar refractivity (Wildman–Crippen MR) is 85.9 cm³/mol. The van der Waals surface area contributed by atoms with E-state index < -0.39 is 0 Å². The standard InChI is InChI=1S/C14H21BrN4O/c1-5-7-11(6-2)17-12-10-16-19(9-8-18(3)4)14(20)13(12)15/h2,10-11,17H,5,7-9H2,1,3-4H3. The van der Waals surface area contributed by atoms with Gasteiger partial charge in [0.1, 0.15) is 4.47 Å². The number of anilines is 1. The third-order valence-corrected chi connectivity index (χ3v) is 3.62. The van der Waals surface area contributed by atoms with Crippen molar-refractivity contribution in [1.29, 1.82) is 0 Å². The molecule has 0 aliphatic carbocycles. The van der Waals surface area contributed by atoms with Gasteiger partial charge in [-0.05, 0) is 36.4 Å². The lowest BCUT2D eigenvalue weighted by atomic mass is 10.2. The molecule has 0 fully saturated rings. The Morgan fingerprint density at radius 3 is 2.85 bits per heavy atom. The van der Waals surface area contributed by atoms with Crippen LogP contribution in [0.2, 0.25) is 0 Å². The SMILES string of the molecule is C#CC(CCC)Nc1cnn(CCN(C)C)c(=O)c1Br. The highest BCUT2D eigenvalue weighted by atomic mass is 79.9. The average Bonchev–Trinajstić information content (AvgIpc) is 2.42. The van der Waals surface area contributed by atoms with Gasteiger partial charge in [-0.3, -0.25) is 4.79 Å². The normalized spacial score (nSPS) is 12.2. The van der Waals surface area contributed by atoms with Crippen molar-refractivity contribution >= 4 is 21.6 Å². The Hall–Kier alpha value is -1.32. The first kappa shape index (κ1) is 16.7. The Morgan fingerprint density at radius 1 is 1.60 bits per heavy atom. The fraction of sp³-hybridized carbons (Fsp3) is 0.571. The van der Waals surface area contributed by atoms with Gasteiger partial charge in [0, 0.05) is 6.54 Å². The molecule has 6 heteroatoms. The van der Waals surface area contributed by atoms with Crippen LogP contribution < -0.4 is 10.9 Å². The fourth-order valence-corrected chi connectivity index (χ4v) is 2.11. The quantitative estimate of drug-likeness (QED) is 0.768. The Labute approximate surface area is 128 Å². The van der Waals surface area contributed by atoms with Crippen LogP contribution in [-0.4, -0.2) is 41.4 Å². The van der Waals surface area contributed by atoms with Crippen LogP contribution in [0, 0.1) is 12.3 Å². The van der Waals surface area contributed by atoms with E-state index in [4.69, 9.17) is 6.42 Å². The van der Waals surface area contributed by atoms with E-state index in [9.17, 15) is 4.79 Å². The molecule has 0 spiro atoms. The summed E-state index contributed by atoms with van der Waals surface area (Å²) >= 11 is 3.33. The number of rotatable bonds is 7. The van der Waals surface area contributed by atoms with Gasteiger partial charge in [-0.1, -0.05) is 19.3 Å². The molecule has 5 nitrogen and oxygen atoms in total. The number of nitrogens with zero attached hydrogens (tertiary/aromatic N) is 3. The Morgan fingerprint density at radius 2 is 2.30 bits per heavy atom. The maximum atomic E-state index is 12.2. The fourth-order valence-electron chi connectivity index (χ4n) is 1.69. The van der Waals surface area contributed by atoms with E-state index in [1.807, 2.05) is 19.0 Å². The number of hydrogen-bond acceptors (Lipinski definition) is 4. The molecule has 1 aromatic heterocycles. The molecule has 0 aliphatic rings. The molecular formula is C14H21BrN4O. The first-order valence-electron chi connectivity index (χ1n) is 6.62. The summed E-state index contributed by atoms with van der Waals surface area (Å²) in [7, 11) is 3.91. The number of aromatic nitrogens is 2. The Bertz CT molecular complexity index is 533. The van der Waals surface area contributed by atoms with Gasteiger partial charge in [-0.15, -0.1) is 6.42 Å². The van der Waals surface area contributed by atoms with Crippen molar-refractivity contribution in [3.05, 3.63) is 21.0 Å². The van der Waals surface area contributed by atoms with Crippen molar-refractivity contribution in [1.82, 2.24) is 14.7 Å². The van der Waals surface area contributed by atoms with Gasteiger partial charge in [0.2, 0.25) is 0 Å². The summed E-state index contributed by atoms with van der Waals surface area (Å²) in [5.41, 5.74) is 0.497. The molecule has 0 amide bonds. The summed E-state index contributed by atoms with van der Waals surface area (Å²) in [5.74, 6) is 2.68. The van der Waals surface area contributed by atoms with Gasteiger partial charge in [-0.2, -0.15) is 5.10 Å². The maximum Gasteiger partial charge on any atom is 0.283 e. The maximum absolute atomic E-state index is 12.2. The molecule has 0 saturated carbocycles. The molecular weight excluding hydrogens is 320 g/mol. The van der Waals surface area contributed by atoms with Crippen LogP contribution in [-0.2, 0) is 6.54 Å². The minimum absolute atomic E-state index is 0.0878. The molecule has 0 saturated heterocycles. The first-order chi connectivity index (χ1) is 9.49. The van der Waals surface area contributed by atoms with Gasteiger partial charge in [0.25, 0.3) is 5.56 Å². The summed E-state index contributed by atoms with van der Waals surface area (Å²) in [6, 6.07) is -0.0878. The second-order valence-electron chi connectivity index (χ2n) is 4.86. The van der Waals surface area contributed by atoms with E-state index in [0.29, 0.717) is 16.7 Å². The third-order valence-electron chi connectivity index (χ3n) is 2.85. The van der Waals surface area contributed by atoms with Crippen LogP contribution in [0.15, 0.2) is 15.5 Å². The number of terminal acetylenes is 1. The van der Waals surface area contributed by atoms with Gasteiger partial charge < -0.3 is 10.2 Å². The zero-order valence-corrected chi connectivity index (χ0v) is 13.8. The summed E-state index contributed by atoms with van der Waals surface area (Å²) in [6.45, 7) is 3.38. The van der Waals surface area contributed by atoms with Crippen LogP contribution >= 0.6 is 15.9 Å². The molecule has 0 aliphatic heterocycles. The second-order valence-corrected chi connectivity index (χ2v) is 5.65. The molecule has 0 radical (unpaired) electrons. The molecule has 1 heterocycles. The topological polar surface area (TPSA) is 50.2 Å². The summed E-state index contributed by atoms with van der Waals surface area (Å²) in [5, 5.41) is 7.34. The Kier molecular flexibility index (Phi) is 6.76. The Balaban J connectivity index is 2.89. The lowest BCUT2D eigenvalue weighted by Crippen LogP contribution is -2.30. The van der Waals surface area contributed by atoms with Crippen molar-refractivity contribution in [2.24, 2.45) is 0 Å². The molecule has 1 aromatic rings. The van der Waals surface area contributed by atoms with Crippen LogP contribution in [0.25, 0.3) is 0 Å². The van der Waals surface area contributed by atoms with Gasteiger partial charge in [0.15, 0.2) is 0 Å². The number of likely N-dealkylation sites (N-methyl/N-ethyl adjacent to an activating group) is 1. The van der Waals surface area contributed by atoms with Gasteiger partial charge in [0.05, 0.1) is 24.5 Å². The first-order valence-corrected chi connectivity index (χ1v) is 7.41. The minimum atomic E-state index is -0.149. The molecule has 110 valence electrons. The highest BCUT2D eigenvalue weighted by Crippen LogP contribution is 2.18. The van der Waals surface area contributed by atoms with Gasteiger partial charge in [-0.25, -0.2) is 4.68 Å². The van der Waals surface area contributed by atoms with E-state index in [1.165, 1.54) is 4.68 Å². The summed E-state index contributed by atoms with van der Waals surface area (Å²) in [6.07, 6.45) is 8.94. The monoisotopic (exact) mass is 340 g/mol. The van der Waals surface area contributed by atoms with Crippen LogP contribution in [0.1, 0.15) is 19.8 Å². The number of halogens is 1. The zero-order valence-electron chi connectivity index (χ0n) is 12.2. The van der Waals surface area contributed by atoms with Crippen molar-refractivity contribution in [2.75, 3.05) is 26.0 Å². The molecule has 1 rings (SSSR count). The largest absolute Gasteiger partial charge is 0.369 e. The molecule has 20 heavy (non-hydrogen) atoms. The van der Waals surface area contributed by atoms with E-state index in [2.05, 4.69) is 39.2 Å². The summed E-state index contributed by atoms with van der Waals surface area (Å²) < 4.78 is 1.92. The second kappa shape index (κ2) is 8.08. The van der Waals surface area contributed by atoms with E-state index in [1.54, 1.807) is 6.20 Å². The van der Waals surface area contributed by atoms with Crippen LogP contribution in [0.3, 0.4) is 0 Å². The molecule has 0 bridgehead atoms. The van der Waals surface area contributed by atoms with Crippen molar-refractivity contribution in [2.45, 2.75) is 32.4 Å². The highest BCUT2D eigenvalue weighted by Gasteiger charge is 2.11. The van der Waals surface area contributed by atoms with Crippen LogP contribution in [0.5, 0.6) is 0 Å². The van der Waals surface area contributed by atoms with Crippen molar-refractivity contribution < 1.29 is 0 Å². The zero-order chi connectivity index (χ0) is 15.1. The predicted octanol–water partition coefficient (Wildman–Crippen LogP) is 1.78. The molecule has 1 unspecified atom stereocenters. The molecule has 1 N–H and O–H groups in total. The number of nitrogens with one attached hydrogen (secondary N) is 1. The van der Waals surface area contributed by atoms with Crippen molar-refractivity contribution in [3.8, 4) is 12.3 Å². The van der Waals surface area contributed by atoms with E-state index in [0.717, 1.165) is 19.4 Å². The average molecular weight is 341 g/mol. The molecule has 0 aromatic carbocycles. The van der Waals surface area contributed by atoms with Crippen LogP contribution in [0.4, 0.5) is 5.69 Å². The number of hydrogen-bond donors (Lipinski definition) is 1. The highest BCUT2D eigenvalue weighted by molar-refractivity contribution is 9.10. The van der Waals surface area contributed by atoms with Gasteiger partial charge >= 0.3 is 0 Å². The minimum Gasteiger partial charge on any atom is -0.369 e. The third kappa shape index (κ3) is 4.66. The lowest BCUT2D eigenvalue weighted by Gasteiger charge is -2.16. The lowest BCUT2D eigenvalue weighted by molar-refractivity contribution is 0.367. The molecule has 1 atom stereocenters. The van der Waals surface area contributed by atoms with E-state index in [-0.39, 0.29) is 11.6 Å². The van der Waals surface area contributed by atoms with Crippen molar-refractivity contribution in [3.63, 3.8) is 0 Å².